The number of rotatable bonds is 6. The molecule has 0 aliphatic heterocycles. The summed E-state index contributed by atoms with van der Waals surface area (Å²) in [5, 5.41) is 17.4. The normalized spacial score (nSPS) is 11.8. The van der Waals surface area contributed by atoms with Gasteiger partial charge < -0.3 is 0 Å². The van der Waals surface area contributed by atoms with Crippen LogP contribution in [0, 0.1) is 11.3 Å². The number of nitrogens with zero attached hydrogens (tertiary/aromatic N) is 1. The van der Waals surface area contributed by atoms with Crippen molar-refractivity contribution in [2.75, 3.05) is 4.72 Å². The lowest BCUT2D eigenvalue weighted by Crippen LogP contribution is -2.19. The molecular formula is C18H15N3O4S. The number of hydroxylamine groups is 1. The average molecular weight is 369 g/mol. The molecule has 2 aromatic rings. The summed E-state index contributed by atoms with van der Waals surface area (Å²) in [5.74, 6) is -0.935. The van der Waals surface area contributed by atoms with Crippen LogP contribution in [0.1, 0.15) is 5.56 Å². The molecule has 0 radical (unpaired) electrons. The highest BCUT2D eigenvalue weighted by molar-refractivity contribution is 7.92. The van der Waals surface area contributed by atoms with Gasteiger partial charge in [0.2, 0.25) is 0 Å². The minimum absolute atomic E-state index is 0.130. The van der Waals surface area contributed by atoms with Gasteiger partial charge in [-0.05, 0) is 29.8 Å². The third-order valence-electron chi connectivity index (χ3n) is 3.26. The van der Waals surface area contributed by atoms with Gasteiger partial charge in [-0.3, -0.25) is 14.7 Å². The van der Waals surface area contributed by atoms with Crippen LogP contribution >= 0.6 is 0 Å². The summed E-state index contributed by atoms with van der Waals surface area (Å²) in [6.07, 6.45) is 4.14. The Balaban J connectivity index is 2.29. The number of anilines is 1. The van der Waals surface area contributed by atoms with Crippen LogP contribution in [-0.2, 0) is 14.8 Å². The standard InChI is InChI=1S/C18H15N3O4S/c19-13-15(18(22)20-23)9-6-8-14-7-4-5-12-17(14)21-26(24,25)16-10-2-1-3-11-16/h1-12,21,23H,(H,20,22)/b8-6+,15-9-. The Morgan fingerprint density at radius 3 is 2.38 bits per heavy atom. The number of carbonyl (C=O) groups excluding carboxylic acids is 1. The number of hydrogen-bond acceptors (Lipinski definition) is 5. The van der Waals surface area contributed by atoms with Gasteiger partial charge in [0.25, 0.3) is 15.9 Å². The highest BCUT2D eigenvalue weighted by Gasteiger charge is 2.14. The lowest BCUT2D eigenvalue weighted by atomic mass is 10.1. The van der Waals surface area contributed by atoms with E-state index in [0.717, 1.165) is 0 Å². The zero-order chi connectivity index (χ0) is 19.0. The molecule has 3 N–H and O–H groups in total. The molecule has 0 aliphatic carbocycles. The maximum Gasteiger partial charge on any atom is 0.285 e. The first kappa shape index (κ1) is 18.9. The van der Waals surface area contributed by atoms with E-state index in [1.807, 2.05) is 0 Å². The molecule has 0 saturated carbocycles. The van der Waals surface area contributed by atoms with Gasteiger partial charge in [-0.1, -0.05) is 48.6 Å². The van der Waals surface area contributed by atoms with Gasteiger partial charge in [-0.15, -0.1) is 0 Å². The molecule has 0 saturated heterocycles. The number of allylic oxidation sites excluding steroid dienone is 2. The largest absolute Gasteiger partial charge is 0.288 e. The Hall–Kier alpha value is -3.41. The SMILES string of the molecule is N#C/C(=C/C=C/c1ccccc1NS(=O)(=O)c1ccccc1)C(=O)NO. The number of para-hydroxylation sites is 1. The molecule has 2 aromatic carbocycles. The van der Waals surface area contributed by atoms with E-state index in [1.54, 1.807) is 48.5 Å². The highest BCUT2D eigenvalue weighted by Crippen LogP contribution is 2.21. The third kappa shape index (κ3) is 4.80. The summed E-state index contributed by atoms with van der Waals surface area (Å²) < 4.78 is 27.4. The maximum absolute atomic E-state index is 12.4. The minimum atomic E-state index is -3.75. The van der Waals surface area contributed by atoms with E-state index in [-0.39, 0.29) is 10.5 Å². The number of carbonyl (C=O) groups is 1. The average Bonchev–Trinajstić information content (AvgIpc) is 2.66. The van der Waals surface area contributed by atoms with Gasteiger partial charge in [0.05, 0.1) is 10.6 Å². The molecule has 26 heavy (non-hydrogen) atoms. The first-order chi connectivity index (χ1) is 12.5. The van der Waals surface area contributed by atoms with E-state index in [9.17, 15) is 13.2 Å². The summed E-state index contributed by atoms with van der Waals surface area (Å²) in [7, 11) is -3.75. The highest BCUT2D eigenvalue weighted by atomic mass is 32.2. The molecule has 2 rings (SSSR count). The second kappa shape index (κ2) is 8.62. The first-order valence-corrected chi connectivity index (χ1v) is 8.86. The van der Waals surface area contributed by atoms with E-state index >= 15 is 0 Å². The van der Waals surface area contributed by atoms with Gasteiger partial charge in [-0.25, -0.2) is 13.9 Å². The van der Waals surface area contributed by atoms with Crippen molar-refractivity contribution < 1.29 is 18.4 Å². The molecule has 0 spiro atoms. The van der Waals surface area contributed by atoms with Crippen molar-refractivity contribution in [1.29, 1.82) is 5.26 Å². The van der Waals surface area contributed by atoms with Gasteiger partial charge in [0, 0.05) is 0 Å². The third-order valence-corrected chi connectivity index (χ3v) is 4.65. The van der Waals surface area contributed by atoms with E-state index in [2.05, 4.69) is 4.72 Å². The van der Waals surface area contributed by atoms with Gasteiger partial charge in [0.15, 0.2) is 0 Å². The zero-order valence-electron chi connectivity index (χ0n) is 13.5. The zero-order valence-corrected chi connectivity index (χ0v) is 14.3. The molecule has 0 aliphatic rings. The first-order valence-electron chi connectivity index (χ1n) is 7.37. The van der Waals surface area contributed by atoms with Crippen molar-refractivity contribution in [3.63, 3.8) is 0 Å². The molecule has 0 aromatic heterocycles. The summed E-state index contributed by atoms with van der Waals surface area (Å²) in [6, 6.07) is 16.2. The molecule has 0 heterocycles. The van der Waals surface area contributed by atoms with E-state index in [1.165, 1.54) is 35.8 Å². The van der Waals surface area contributed by atoms with Crippen molar-refractivity contribution in [1.82, 2.24) is 5.48 Å². The predicted octanol–water partition coefficient (Wildman–Crippen LogP) is 2.46. The van der Waals surface area contributed by atoms with Gasteiger partial charge >= 0.3 is 0 Å². The molecule has 0 fully saturated rings. The molecule has 132 valence electrons. The van der Waals surface area contributed by atoms with Crippen LogP contribution in [-0.4, -0.2) is 19.5 Å². The maximum atomic E-state index is 12.4. The Morgan fingerprint density at radius 2 is 1.73 bits per heavy atom. The summed E-state index contributed by atoms with van der Waals surface area (Å²) in [5.41, 5.74) is 1.94. The molecule has 0 atom stereocenters. The van der Waals surface area contributed by atoms with Gasteiger partial charge in [0.1, 0.15) is 11.6 Å². The molecular weight excluding hydrogens is 354 g/mol. The fourth-order valence-corrected chi connectivity index (χ4v) is 3.12. The van der Waals surface area contributed by atoms with Gasteiger partial charge in [-0.2, -0.15) is 5.26 Å². The van der Waals surface area contributed by atoms with Crippen molar-refractivity contribution in [2.45, 2.75) is 4.90 Å². The smallest absolute Gasteiger partial charge is 0.285 e. The number of sulfonamides is 1. The predicted molar refractivity (Wildman–Crippen MR) is 96.4 cm³/mol. The number of nitrogens with one attached hydrogen (secondary N) is 2. The Kier molecular flexibility index (Phi) is 6.27. The van der Waals surface area contributed by atoms with Crippen molar-refractivity contribution >= 4 is 27.7 Å². The lowest BCUT2D eigenvalue weighted by Gasteiger charge is -2.10. The quantitative estimate of drug-likeness (QED) is 0.238. The van der Waals surface area contributed by atoms with E-state index in [4.69, 9.17) is 10.5 Å². The van der Waals surface area contributed by atoms with Crippen molar-refractivity contribution in [2.24, 2.45) is 0 Å². The summed E-state index contributed by atoms with van der Waals surface area (Å²) in [4.78, 5) is 11.3. The summed E-state index contributed by atoms with van der Waals surface area (Å²) >= 11 is 0. The minimum Gasteiger partial charge on any atom is -0.288 e. The lowest BCUT2D eigenvalue weighted by molar-refractivity contribution is -0.124. The van der Waals surface area contributed by atoms with Crippen LogP contribution in [0.25, 0.3) is 6.08 Å². The molecule has 8 heteroatoms. The van der Waals surface area contributed by atoms with Crippen LogP contribution in [0.3, 0.4) is 0 Å². The molecule has 7 nitrogen and oxygen atoms in total. The summed E-state index contributed by atoms with van der Waals surface area (Å²) in [6.45, 7) is 0. The Bertz CT molecular complexity index is 991. The topological polar surface area (TPSA) is 119 Å². The van der Waals surface area contributed by atoms with E-state index in [0.29, 0.717) is 11.3 Å². The number of hydrogen-bond donors (Lipinski definition) is 3. The van der Waals surface area contributed by atoms with Crippen molar-refractivity contribution in [3.05, 3.63) is 77.9 Å². The van der Waals surface area contributed by atoms with E-state index < -0.39 is 15.9 Å². The fourth-order valence-electron chi connectivity index (χ4n) is 2.01. The number of benzene rings is 2. The number of nitriles is 1. The van der Waals surface area contributed by atoms with Crippen LogP contribution in [0.5, 0.6) is 0 Å². The second-order valence-corrected chi connectivity index (χ2v) is 6.68. The molecule has 0 bridgehead atoms. The van der Waals surface area contributed by atoms with Crippen LogP contribution < -0.4 is 10.2 Å². The molecule has 1 amide bonds. The molecule has 0 unspecified atom stereocenters. The second-order valence-electron chi connectivity index (χ2n) is 5.00. The van der Waals surface area contributed by atoms with Crippen molar-refractivity contribution in [3.8, 4) is 6.07 Å². The Labute approximate surface area is 150 Å². The number of amides is 1. The monoisotopic (exact) mass is 369 g/mol. The Morgan fingerprint density at radius 1 is 1.08 bits per heavy atom. The fraction of sp³-hybridized carbons (Fsp3) is 0. The van der Waals surface area contributed by atoms with Crippen LogP contribution in [0.2, 0.25) is 0 Å². The van der Waals surface area contributed by atoms with Crippen LogP contribution in [0.4, 0.5) is 5.69 Å². The van der Waals surface area contributed by atoms with Crippen LogP contribution in [0.15, 0.2) is 77.2 Å².